The molecule has 0 N–H and O–H groups in total. The zero-order chi connectivity index (χ0) is 16.7. The van der Waals surface area contributed by atoms with E-state index >= 15 is 0 Å². The van der Waals surface area contributed by atoms with Crippen molar-refractivity contribution in [3.05, 3.63) is 42.5 Å². The SMILES string of the molecule is Cn1cc(N2C[C@@]3(CCN(C(=O)c4cccnc4)C3)CC2=O)cn1. The fraction of sp³-hybridized carbons (Fsp3) is 0.412. The Bertz CT molecular complexity index is 787. The fourth-order valence-corrected chi connectivity index (χ4v) is 3.73. The van der Waals surface area contributed by atoms with Crippen LogP contribution in [-0.2, 0) is 11.8 Å². The summed E-state index contributed by atoms with van der Waals surface area (Å²) in [6, 6.07) is 3.55. The van der Waals surface area contributed by atoms with Crippen LogP contribution in [0.5, 0.6) is 0 Å². The van der Waals surface area contributed by atoms with E-state index in [0.717, 1.165) is 12.1 Å². The van der Waals surface area contributed by atoms with Crippen molar-refractivity contribution in [2.75, 3.05) is 24.5 Å². The molecule has 2 aliphatic heterocycles. The van der Waals surface area contributed by atoms with Crippen molar-refractivity contribution in [2.45, 2.75) is 12.8 Å². The van der Waals surface area contributed by atoms with Gasteiger partial charge in [0.05, 0.1) is 17.4 Å². The van der Waals surface area contributed by atoms with Crippen molar-refractivity contribution < 1.29 is 9.59 Å². The molecule has 2 aliphatic rings. The number of hydrogen-bond acceptors (Lipinski definition) is 4. The standard InChI is InChI=1S/C17H19N5O2/c1-20-10-14(9-19-20)22-12-17(7-15(22)23)4-6-21(11-17)16(24)13-3-2-5-18-8-13/h2-3,5,8-10H,4,6-7,11-12H2,1H3/t17-/m0/s1. The maximum atomic E-state index is 12.6. The summed E-state index contributed by atoms with van der Waals surface area (Å²) < 4.78 is 1.69. The Labute approximate surface area is 139 Å². The molecule has 7 nitrogen and oxygen atoms in total. The van der Waals surface area contributed by atoms with Crippen molar-refractivity contribution >= 4 is 17.5 Å². The maximum Gasteiger partial charge on any atom is 0.255 e. The molecule has 0 bridgehead atoms. The molecule has 24 heavy (non-hydrogen) atoms. The molecule has 2 saturated heterocycles. The third kappa shape index (κ3) is 2.46. The first-order valence-electron chi connectivity index (χ1n) is 8.05. The lowest BCUT2D eigenvalue weighted by atomic mass is 9.86. The Balaban J connectivity index is 1.50. The molecule has 2 amide bonds. The highest BCUT2D eigenvalue weighted by Gasteiger charge is 2.49. The predicted octanol–water partition coefficient (Wildman–Crippen LogP) is 1.08. The quantitative estimate of drug-likeness (QED) is 0.828. The number of carbonyl (C=O) groups is 2. The number of amides is 2. The number of hydrogen-bond donors (Lipinski definition) is 0. The molecular weight excluding hydrogens is 306 g/mol. The molecule has 4 heterocycles. The molecule has 2 aromatic rings. The molecule has 0 unspecified atom stereocenters. The van der Waals surface area contributed by atoms with Gasteiger partial charge in [0.15, 0.2) is 0 Å². The zero-order valence-electron chi connectivity index (χ0n) is 13.6. The number of nitrogens with zero attached hydrogens (tertiary/aromatic N) is 5. The molecule has 0 radical (unpaired) electrons. The summed E-state index contributed by atoms with van der Waals surface area (Å²) in [5, 5.41) is 4.14. The fourth-order valence-electron chi connectivity index (χ4n) is 3.73. The minimum atomic E-state index is -0.148. The Morgan fingerprint density at radius 1 is 1.29 bits per heavy atom. The number of carbonyl (C=O) groups excluding carboxylic acids is 2. The van der Waals surface area contributed by atoms with E-state index in [1.54, 1.807) is 40.3 Å². The molecule has 0 aromatic carbocycles. The third-order valence-corrected chi connectivity index (χ3v) is 4.96. The molecule has 2 fully saturated rings. The molecule has 1 atom stereocenters. The van der Waals surface area contributed by atoms with Gasteiger partial charge in [-0.25, -0.2) is 0 Å². The summed E-state index contributed by atoms with van der Waals surface area (Å²) in [5.74, 6) is 0.103. The lowest BCUT2D eigenvalue weighted by Crippen LogP contribution is -2.34. The minimum Gasteiger partial charge on any atom is -0.338 e. The largest absolute Gasteiger partial charge is 0.338 e. The summed E-state index contributed by atoms with van der Waals surface area (Å²) in [6.07, 6.45) is 8.15. The van der Waals surface area contributed by atoms with Crippen LogP contribution in [0.2, 0.25) is 0 Å². The van der Waals surface area contributed by atoms with E-state index in [0.29, 0.717) is 31.6 Å². The second-order valence-corrected chi connectivity index (χ2v) is 6.75. The monoisotopic (exact) mass is 325 g/mol. The van der Waals surface area contributed by atoms with Gasteiger partial charge in [0, 0.05) is 57.1 Å². The average molecular weight is 325 g/mol. The minimum absolute atomic E-state index is 0.00717. The van der Waals surface area contributed by atoms with Crippen LogP contribution in [0.4, 0.5) is 5.69 Å². The second-order valence-electron chi connectivity index (χ2n) is 6.75. The summed E-state index contributed by atoms with van der Waals surface area (Å²) >= 11 is 0. The van der Waals surface area contributed by atoms with Crippen LogP contribution >= 0.6 is 0 Å². The van der Waals surface area contributed by atoms with Crippen molar-refractivity contribution in [3.8, 4) is 0 Å². The molecule has 1 spiro atoms. The molecule has 7 heteroatoms. The van der Waals surface area contributed by atoms with Gasteiger partial charge < -0.3 is 9.80 Å². The van der Waals surface area contributed by atoms with Gasteiger partial charge in [0.1, 0.15) is 0 Å². The first kappa shape index (κ1) is 14.9. The lowest BCUT2D eigenvalue weighted by molar-refractivity contribution is -0.117. The highest BCUT2D eigenvalue weighted by molar-refractivity contribution is 5.97. The molecule has 0 saturated carbocycles. The van der Waals surface area contributed by atoms with E-state index in [9.17, 15) is 9.59 Å². The summed E-state index contributed by atoms with van der Waals surface area (Å²) in [5.41, 5.74) is 1.28. The van der Waals surface area contributed by atoms with Crippen LogP contribution in [-0.4, -0.2) is 51.1 Å². The Morgan fingerprint density at radius 3 is 2.88 bits per heavy atom. The molecule has 0 aliphatic carbocycles. The number of rotatable bonds is 2. The van der Waals surface area contributed by atoms with Crippen molar-refractivity contribution in [3.63, 3.8) is 0 Å². The normalized spacial score (nSPS) is 23.5. The van der Waals surface area contributed by atoms with E-state index in [2.05, 4.69) is 10.1 Å². The molecule has 124 valence electrons. The van der Waals surface area contributed by atoms with Crippen LogP contribution in [0, 0.1) is 5.41 Å². The molecule has 4 rings (SSSR count). The van der Waals surface area contributed by atoms with Gasteiger partial charge in [0.25, 0.3) is 5.91 Å². The van der Waals surface area contributed by atoms with E-state index < -0.39 is 0 Å². The maximum absolute atomic E-state index is 12.6. The van der Waals surface area contributed by atoms with Gasteiger partial charge in [-0.15, -0.1) is 0 Å². The third-order valence-electron chi connectivity index (χ3n) is 4.96. The Kier molecular flexibility index (Phi) is 3.37. The van der Waals surface area contributed by atoms with Crippen LogP contribution in [0.3, 0.4) is 0 Å². The molecule has 2 aromatic heterocycles. The van der Waals surface area contributed by atoms with Crippen LogP contribution < -0.4 is 4.90 Å². The van der Waals surface area contributed by atoms with E-state index in [-0.39, 0.29) is 17.2 Å². The topological polar surface area (TPSA) is 71.3 Å². The van der Waals surface area contributed by atoms with Crippen LogP contribution in [0.1, 0.15) is 23.2 Å². The van der Waals surface area contributed by atoms with Crippen molar-refractivity contribution in [2.24, 2.45) is 12.5 Å². The first-order chi connectivity index (χ1) is 11.6. The van der Waals surface area contributed by atoms with Gasteiger partial charge >= 0.3 is 0 Å². The Hall–Kier alpha value is -2.70. The van der Waals surface area contributed by atoms with Crippen LogP contribution in [0.25, 0.3) is 0 Å². The predicted molar refractivity (Wildman–Crippen MR) is 87.4 cm³/mol. The first-order valence-corrected chi connectivity index (χ1v) is 8.05. The Morgan fingerprint density at radius 2 is 2.17 bits per heavy atom. The van der Waals surface area contributed by atoms with Gasteiger partial charge in [-0.1, -0.05) is 0 Å². The van der Waals surface area contributed by atoms with Gasteiger partial charge in [-0.3, -0.25) is 19.3 Å². The lowest BCUT2D eigenvalue weighted by Gasteiger charge is -2.23. The van der Waals surface area contributed by atoms with E-state index in [4.69, 9.17) is 0 Å². The summed E-state index contributed by atoms with van der Waals surface area (Å²) in [7, 11) is 1.84. The number of likely N-dealkylation sites (tertiary alicyclic amines) is 1. The molecular formula is C17H19N5O2. The average Bonchev–Trinajstić information content (AvgIpc) is 3.27. The second kappa shape index (κ2) is 5.43. The number of anilines is 1. The van der Waals surface area contributed by atoms with E-state index in [1.807, 2.05) is 18.1 Å². The van der Waals surface area contributed by atoms with Crippen molar-refractivity contribution in [1.29, 1.82) is 0 Å². The zero-order valence-corrected chi connectivity index (χ0v) is 13.6. The number of pyridine rings is 1. The van der Waals surface area contributed by atoms with Crippen molar-refractivity contribution in [1.82, 2.24) is 19.7 Å². The summed E-state index contributed by atoms with van der Waals surface area (Å²) in [4.78, 5) is 32.7. The van der Waals surface area contributed by atoms with Crippen LogP contribution in [0.15, 0.2) is 36.9 Å². The highest BCUT2D eigenvalue weighted by Crippen LogP contribution is 2.42. The van der Waals surface area contributed by atoms with Gasteiger partial charge in [-0.05, 0) is 18.6 Å². The van der Waals surface area contributed by atoms with Gasteiger partial charge in [0.2, 0.25) is 5.91 Å². The van der Waals surface area contributed by atoms with Gasteiger partial charge in [-0.2, -0.15) is 5.10 Å². The number of aryl methyl sites for hydroxylation is 1. The summed E-state index contributed by atoms with van der Waals surface area (Å²) in [6.45, 7) is 1.94. The van der Waals surface area contributed by atoms with E-state index in [1.165, 1.54) is 0 Å². The smallest absolute Gasteiger partial charge is 0.255 e. The highest BCUT2D eigenvalue weighted by atomic mass is 16.2. The number of aromatic nitrogens is 3.